The van der Waals surface area contributed by atoms with Crippen LogP contribution < -0.4 is 4.84 Å². The Morgan fingerprint density at radius 3 is 2.33 bits per heavy atom. The Kier molecular flexibility index (Phi) is 4.34. The van der Waals surface area contributed by atoms with Gasteiger partial charge in [0.05, 0.1) is 6.04 Å². The maximum absolute atomic E-state index is 12.8. The zero-order chi connectivity index (χ0) is 17.3. The van der Waals surface area contributed by atoms with Gasteiger partial charge in [-0.15, -0.1) is 0 Å². The molecule has 0 atom stereocenters. The number of sulfonamides is 1. The Labute approximate surface area is 141 Å². The minimum absolute atomic E-state index is 0.130. The lowest BCUT2D eigenvalue weighted by molar-refractivity contribution is 0.00649. The van der Waals surface area contributed by atoms with Crippen LogP contribution >= 0.6 is 0 Å². The lowest BCUT2D eigenvalue weighted by Gasteiger charge is -2.24. The number of hydroxylamine groups is 1. The number of benzene rings is 2. The fraction of sp³-hybridized carbons (Fsp3) is 0.222. The number of rotatable bonds is 5. The molecule has 0 amide bonds. The van der Waals surface area contributed by atoms with E-state index in [0.29, 0.717) is 11.5 Å². The molecular formula is C18H19NO4S. The van der Waals surface area contributed by atoms with E-state index in [-0.39, 0.29) is 5.09 Å². The summed E-state index contributed by atoms with van der Waals surface area (Å²) >= 11 is 0. The molecule has 0 fully saturated rings. The van der Waals surface area contributed by atoms with Crippen LogP contribution in [0.25, 0.3) is 10.8 Å². The van der Waals surface area contributed by atoms with E-state index in [0.717, 1.165) is 15.2 Å². The van der Waals surface area contributed by atoms with Crippen LogP contribution in [0.3, 0.4) is 0 Å². The van der Waals surface area contributed by atoms with Crippen molar-refractivity contribution in [3.8, 4) is 5.75 Å². The van der Waals surface area contributed by atoms with Crippen LogP contribution in [0.15, 0.2) is 64.1 Å². The van der Waals surface area contributed by atoms with Gasteiger partial charge in [-0.25, -0.2) is 8.42 Å². The molecule has 1 aromatic heterocycles. The molecule has 3 rings (SSSR count). The van der Waals surface area contributed by atoms with Crippen molar-refractivity contribution in [2.75, 3.05) is 0 Å². The highest BCUT2D eigenvalue weighted by atomic mass is 32.2. The molecule has 6 heteroatoms. The fourth-order valence-corrected chi connectivity index (χ4v) is 3.79. The van der Waals surface area contributed by atoms with Crippen molar-refractivity contribution in [2.24, 2.45) is 0 Å². The molecule has 2 aromatic carbocycles. The molecule has 24 heavy (non-hydrogen) atoms. The second-order valence-electron chi connectivity index (χ2n) is 5.82. The number of nitrogens with zero attached hydrogens (tertiary/aromatic N) is 1. The zero-order valence-electron chi connectivity index (χ0n) is 13.8. The number of aryl methyl sites for hydroxylation is 1. The summed E-state index contributed by atoms with van der Waals surface area (Å²) < 4.78 is 31.8. The summed E-state index contributed by atoms with van der Waals surface area (Å²) in [6.45, 7) is 5.19. The minimum Gasteiger partial charge on any atom is -0.449 e. The van der Waals surface area contributed by atoms with E-state index < -0.39 is 16.1 Å². The first-order valence-electron chi connectivity index (χ1n) is 7.65. The molecule has 0 saturated carbocycles. The van der Waals surface area contributed by atoms with E-state index in [1.807, 2.05) is 36.4 Å². The van der Waals surface area contributed by atoms with Crippen LogP contribution in [-0.4, -0.2) is 18.9 Å². The second-order valence-corrected chi connectivity index (χ2v) is 7.53. The Morgan fingerprint density at radius 2 is 1.71 bits per heavy atom. The molecule has 0 N–H and O–H groups in total. The van der Waals surface area contributed by atoms with Crippen molar-refractivity contribution < 1.29 is 17.7 Å². The third kappa shape index (κ3) is 3.16. The van der Waals surface area contributed by atoms with Crippen LogP contribution in [0.1, 0.15) is 19.6 Å². The average Bonchev–Trinajstić information content (AvgIpc) is 2.99. The summed E-state index contributed by atoms with van der Waals surface area (Å²) in [5.74, 6) is 0.984. The van der Waals surface area contributed by atoms with Gasteiger partial charge in [-0.1, -0.05) is 30.3 Å². The largest absolute Gasteiger partial charge is 0.449 e. The summed E-state index contributed by atoms with van der Waals surface area (Å²) in [4.78, 5) is 5.70. The zero-order valence-corrected chi connectivity index (χ0v) is 14.6. The smallest absolute Gasteiger partial charge is 0.307 e. The van der Waals surface area contributed by atoms with Crippen LogP contribution in [0.4, 0.5) is 0 Å². The predicted molar refractivity (Wildman–Crippen MR) is 92.2 cm³/mol. The van der Waals surface area contributed by atoms with E-state index in [1.165, 1.54) is 6.07 Å². The van der Waals surface area contributed by atoms with Gasteiger partial charge in [0.1, 0.15) is 11.5 Å². The number of hydrogen-bond acceptors (Lipinski definition) is 4. The first kappa shape index (κ1) is 16.5. The molecule has 0 aliphatic rings. The minimum atomic E-state index is -3.89. The first-order chi connectivity index (χ1) is 11.4. The highest BCUT2D eigenvalue weighted by Crippen LogP contribution is 2.26. The maximum atomic E-state index is 12.8. The van der Waals surface area contributed by atoms with Gasteiger partial charge in [-0.2, -0.15) is 0 Å². The van der Waals surface area contributed by atoms with E-state index in [1.54, 1.807) is 32.9 Å². The normalized spacial score (nSPS) is 12.2. The molecule has 0 saturated heterocycles. The van der Waals surface area contributed by atoms with Crippen molar-refractivity contribution >= 4 is 20.8 Å². The standard InChI is InChI=1S/C18H19NO4S/c1-13(2)19(24(20,21)18-11-8-14(3)22-18)23-17-10-9-15-6-4-5-7-16(15)12-17/h4-13H,1-3H3. The van der Waals surface area contributed by atoms with Crippen molar-refractivity contribution in [2.45, 2.75) is 31.9 Å². The molecular weight excluding hydrogens is 326 g/mol. The van der Waals surface area contributed by atoms with Gasteiger partial charge in [0.15, 0.2) is 0 Å². The van der Waals surface area contributed by atoms with Gasteiger partial charge in [0, 0.05) is 0 Å². The van der Waals surface area contributed by atoms with Crippen molar-refractivity contribution in [1.29, 1.82) is 0 Å². The van der Waals surface area contributed by atoms with Gasteiger partial charge in [-0.3, -0.25) is 0 Å². The van der Waals surface area contributed by atoms with E-state index in [2.05, 4.69) is 0 Å². The van der Waals surface area contributed by atoms with Crippen LogP contribution in [0.5, 0.6) is 5.75 Å². The molecule has 5 nitrogen and oxygen atoms in total. The summed E-state index contributed by atoms with van der Waals surface area (Å²) in [7, 11) is -3.89. The van der Waals surface area contributed by atoms with E-state index >= 15 is 0 Å². The molecule has 0 aliphatic heterocycles. The fourth-order valence-electron chi connectivity index (χ4n) is 2.40. The molecule has 0 aliphatic carbocycles. The highest BCUT2D eigenvalue weighted by molar-refractivity contribution is 7.88. The average molecular weight is 345 g/mol. The summed E-state index contributed by atoms with van der Waals surface area (Å²) in [6.07, 6.45) is 0. The van der Waals surface area contributed by atoms with Gasteiger partial charge in [-0.05, 0) is 60.3 Å². The Hall–Kier alpha value is -2.31. The number of furan rings is 1. The molecule has 0 spiro atoms. The lowest BCUT2D eigenvalue weighted by atomic mass is 10.1. The van der Waals surface area contributed by atoms with Gasteiger partial charge in [0.2, 0.25) is 5.09 Å². The molecule has 0 bridgehead atoms. The van der Waals surface area contributed by atoms with Crippen molar-refractivity contribution in [3.05, 3.63) is 60.4 Å². The summed E-state index contributed by atoms with van der Waals surface area (Å²) in [5.41, 5.74) is 0. The second kappa shape index (κ2) is 6.30. The quantitative estimate of drug-likeness (QED) is 0.652. The maximum Gasteiger partial charge on any atom is 0.307 e. The molecule has 0 unspecified atom stereocenters. The van der Waals surface area contributed by atoms with Crippen LogP contribution in [0, 0.1) is 6.92 Å². The molecule has 126 valence electrons. The Bertz CT molecular complexity index is 960. The topological polar surface area (TPSA) is 59.8 Å². The Morgan fingerprint density at radius 1 is 1.00 bits per heavy atom. The molecule has 0 radical (unpaired) electrons. The first-order valence-corrected chi connectivity index (χ1v) is 9.09. The van der Waals surface area contributed by atoms with Crippen molar-refractivity contribution in [1.82, 2.24) is 4.47 Å². The van der Waals surface area contributed by atoms with Gasteiger partial charge < -0.3 is 9.25 Å². The molecule has 1 heterocycles. The monoisotopic (exact) mass is 345 g/mol. The van der Waals surface area contributed by atoms with E-state index in [9.17, 15) is 8.42 Å². The van der Waals surface area contributed by atoms with Crippen molar-refractivity contribution in [3.63, 3.8) is 0 Å². The number of fused-ring (bicyclic) bond motifs is 1. The molecule has 3 aromatic rings. The highest BCUT2D eigenvalue weighted by Gasteiger charge is 2.32. The predicted octanol–water partition coefficient (Wildman–Crippen LogP) is 4.13. The van der Waals surface area contributed by atoms with Gasteiger partial charge >= 0.3 is 10.0 Å². The third-order valence-corrected chi connectivity index (χ3v) is 5.24. The third-order valence-electron chi connectivity index (χ3n) is 3.54. The van der Waals surface area contributed by atoms with Crippen LogP contribution in [-0.2, 0) is 10.0 Å². The number of hydrogen-bond donors (Lipinski definition) is 0. The lowest BCUT2D eigenvalue weighted by Crippen LogP contribution is -2.39. The SMILES string of the molecule is Cc1ccc(S(=O)(=O)N(Oc2ccc3ccccc3c2)C(C)C)o1. The van der Waals surface area contributed by atoms with E-state index in [4.69, 9.17) is 9.25 Å². The van der Waals surface area contributed by atoms with Gasteiger partial charge in [0.25, 0.3) is 0 Å². The summed E-state index contributed by atoms with van der Waals surface area (Å²) in [6, 6.07) is 15.9. The van der Waals surface area contributed by atoms with Crippen LogP contribution in [0.2, 0.25) is 0 Å². The Balaban J connectivity index is 1.96. The summed E-state index contributed by atoms with van der Waals surface area (Å²) in [5, 5.41) is 1.91.